The molecule has 158 valence electrons. The molecule has 31 heavy (non-hydrogen) atoms. The van der Waals surface area contributed by atoms with Gasteiger partial charge in [0.05, 0.1) is 41.9 Å². The number of hydrogen-bond acceptors (Lipinski definition) is 6. The van der Waals surface area contributed by atoms with Gasteiger partial charge in [-0.05, 0) is 37.3 Å². The molecule has 2 heterocycles. The second-order valence-corrected chi connectivity index (χ2v) is 7.60. The fourth-order valence-corrected chi connectivity index (χ4v) is 4.42. The smallest absolute Gasteiger partial charge is 0.272 e. The lowest BCUT2D eigenvalue weighted by Gasteiger charge is -2.19. The number of anilines is 1. The van der Waals surface area contributed by atoms with Crippen LogP contribution in [-0.2, 0) is 15.3 Å². The number of imide groups is 1. The third kappa shape index (κ3) is 3.96. The van der Waals surface area contributed by atoms with Gasteiger partial charge in [-0.25, -0.2) is 4.90 Å². The number of carbonyl (C=O) groups is 2. The number of methoxy groups -OCH3 is 1. The lowest BCUT2D eigenvalue weighted by atomic mass is 10.0. The molecule has 0 spiro atoms. The third-order valence-electron chi connectivity index (χ3n) is 4.76. The normalized spacial score (nSPS) is 13.8. The molecule has 0 radical (unpaired) electrons. The average molecular weight is 436 g/mol. The van der Waals surface area contributed by atoms with E-state index in [2.05, 4.69) is 0 Å². The van der Waals surface area contributed by atoms with Gasteiger partial charge in [0.25, 0.3) is 11.8 Å². The van der Waals surface area contributed by atoms with Crippen molar-refractivity contribution >= 4 is 34.8 Å². The number of thioether (sulfide) groups is 1. The summed E-state index contributed by atoms with van der Waals surface area (Å²) in [6, 6.07) is 17.8. The number of para-hydroxylation sites is 3. The van der Waals surface area contributed by atoms with Crippen molar-refractivity contribution in [1.29, 1.82) is 0 Å². The number of furan rings is 1. The van der Waals surface area contributed by atoms with Crippen molar-refractivity contribution in [3.8, 4) is 11.5 Å². The summed E-state index contributed by atoms with van der Waals surface area (Å²) < 4.78 is 16.6. The molecule has 0 saturated carbocycles. The molecule has 0 atom stereocenters. The van der Waals surface area contributed by atoms with E-state index >= 15 is 0 Å². The van der Waals surface area contributed by atoms with E-state index in [9.17, 15) is 9.59 Å². The first-order valence-electron chi connectivity index (χ1n) is 9.79. The van der Waals surface area contributed by atoms with E-state index < -0.39 is 11.8 Å². The number of hydrogen-bond donors (Lipinski definition) is 0. The summed E-state index contributed by atoms with van der Waals surface area (Å²) in [5.41, 5.74) is 1.30. The maximum absolute atomic E-state index is 13.6. The minimum absolute atomic E-state index is 0.310. The number of nitrogens with zero attached hydrogens (tertiary/aromatic N) is 1. The molecule has 0 N–H and O–H groups in total. The predicted octanol–water partition coefficient (Wildman–Crippen LogP) is 4.90. The number of amides is 2. The van der Waals surface area contributed by atoms with Crippen LogP contribution in [-0.4, -0.2) is 25.5 Å². The Kier molecular flexibility index (Phi) is 6.13. The Hall–Kier alpha value is -3.45. The van der Waals surface area contributed by atoms with Gasteiger partial charge in [0.1, 0.15) is 17.3 Å². The third-order valence-corrected chi connectivity index (χ3v) is 5.86. The van der Waals surface area contributed by atoms with Crippen LogP contribution in [0.5, 0.6) is 11.5 Å². The van der Waals surface area contributed by atoms with Gasteiger partial charge in [-0.15, -0.1) is 11.8 Å². The van der Waals surface area contributed by atoms with Gasteiger partial charge in [-0.1, -0.05) is 30.3 Å². The molecule has 0 bridgehead atoms. The van der Waals surface area contributed by atoms with Crippen molar-refractivity contribution in [2.75, 3.05) is 18.6 Å². The average Bonchev–Trinajstić information content (AvgIpc) is 3.39. The highest BCUT2D eigenvalue weighted by Crippen LogP contribution is 2.43. The van der Waals surface area contributed by atoms with Gasteiger partial charge in [-0.3, -0.25) is 9.59 Å². The van der Waals surface area contributed by atoms with Crippen LogP contribution in [0, 0.1) is 0 Å². The molecule has 0 fully saturated rings. The Morgan fingerprint density at radius 3 is 2.39 bits per heavy atom. The Morgan fingerprint density at radius 1 is 0.935 bits per heavy atom. The molecule has 2 amide bonds. The van der Waals surface area contributed by atoms with Crippen molar-refractivity contribution in [1.82, 2.24) is 0 Å². The zero-order valence-electron chi connectivity index (χ0n) is 17.2. The molecule has 6 nitrogen and oxygen atoms in total. The van der Waals surface area contributed by atoms with Gasteiger partial charge >= 0.3 is 0 Å². The molecular weight excluding hydrogens is 414 g/mol. The number of rotatable bonds is 8. The summed E-state index contributed by atoms with van der Waals surface area (Å²) in [6.07, 6.45) is 1.58. The lowest BCUT2D eigenvalue weighted by molar-refractivity contribution is -0.119. The number of ether oxygens (including phenoxy) is 2. The molecule has 4 rings (SSSR count). The quantitative estimate of drug-likeness (QED) is 0.469. The monoisotopic (exact) mass is 435 g/mol. The standard InChI is InChI=1S/C24H21NO5S/c1-3-29-20-13-7-5-11-18(20)25-23(26)21(17-10-4-6-12-19(17)28-2)22(24(25)27)31-15-16-9-8-14-30-16/h4-14H,3,15H2,1-2H3. The second-order valence-electron chi connectivity index (χ2n) is 6.62. The van der Waals surface area contributed by atoms with Gasteiger partial charge < -0.3 is 13.9 Å². The molecule has 1 aliphatic rings. The highest BCUT2D eigenvalue weighted by Gasteiger charge is 2.42. The number of carbonyl (C=O) groups excluding carboxylic acids is 2. The van der Waals surface area contributed by atoms with Crippen molar-refractivity contribution in [2.24, 2.45) is 0 Å². The molecule has 2 aromatic carbocycles. The minimum Gasteiger partial charge on any atom is -0.496 e. The van der Waals surface area contributed by atoms with Gasteiger partial charge in [-0.2, -0.15) is 0 Å². The highest BCUT2D eigenvalue weighted by molar-refractivity contribution is 8.03. The molecule has 7 heteroatoms. The fourth-order valence-electron chi connectivity index (χ4n) is 3.41. The van der Waals surface area contributed by atoms with Crippen LogP contribution in [0.15, 0.2) is 76.2 Å². The van der Waals surface area contributed by atoms with Crippen LogP contribution in [0.4, 0.5) is 5.69 Å². The molecular formula is C24H21NO5S. The Bertz CT molecular complexity index is 1140. The highest BCUT2D eigenvalue weighted by atomic mass is 32.2. The van der Waals surface area contributed by atoms with Crippen molar-refractivity contribution in [2.45, 2.75) is 12.7 Å². The van der Waals surface area contributed by atoms with Crippen LogP contribution >= 0.6 is 11.8 Å². The summed E-state index contributed by atoms with van der Waals surface area (Å²) in [4.78, 5) is 28.7. The van der Waals surface area contributed by atoms with Gasteiger partial charge in [0, 0.05) is 5.56 Å². The van der Waals surface area contributed by atoms with Gasteiger partial charge in [0.2, 0.25) is 0 Å². The molecule has 0 saturated heterocycles. The summed E-state index contributed by atoms with van der Waals surface area (Å²) in [5.74, 6) is 1.32. The second kappa shape index (κ2) is 9.14. The van der Waals surface area contributed by atoms with Crippen LogP contribution in [0.3, 0.4) is 0 Å². The molecule has 3 aromatic rings. The zero-order chi connectivity index (χ0) is 21.8. The maximum atomic E-state index is 13.6. The van der Waals surface area contributed by atoms with Crippen LogP contribution in [0.1, 0.15) is 18.2 Å². The topological polar surface area (TPSA) is 69.0 Å². The molecule has 1 aromatic heterocycles. The fraction of sp³-hybridized carbons (Fsp3) is 0.167. The zero-order valence-corrected chi connectivity index (χ0v) is 18.0. The van der Waals surface area contributed by atoms with E-state index in [0.717, 1.165) is 0 Å². The summed E-state index contributed by atoms with van der Waals surface area (Å²) in [6.45, 7) is 2.27. The summed E-state index contributed by atoms with van der Waals surface area (Å²) in [5, 5.41) is 0. The van der Waals surface area contributed by atoms with E-state index in [1.165, 1.54) is 16.7 Å². The maximum Gasteiger partial charge on any atom is 0.272 e. The Labute approximate surface area is 184 Å². The lowest BCUT2D eigenvalue weighted by Crippen LogP contribution is -2.31. The van der Waals surface area contributed by atoms with E-state index in [1.54, 1.807) is 55.8 Å². The Morgan fingerprint density at radius 2 is 1.68 bits per heavy atom. The predicted molar refractivity (Wildman–Crippen MR) is 120 cm³/mol. The van der Waals surface area contributed by atoms with Crippen LogP contribution < -0.4 is 14.4 Å². The van der Waals surface area contributed by atoms with Crippen molar-refractivity contribution in [3.05, 3.63) is 83.2 Å². The largest absolute Gasteiger partial charge is 0.496 e. The summed E-state index contributed by atoms with van der Waals surface area (Å²) in [7, 11) is 1.54. The van der Waals surface area contributed by atoms with Crippen LogP contribution in [0.25, 0.3) is 5.57 Å². The first-order valence-corrected chi connectivity index (χ1v) is 10.8. The number of benzene rings is 2. The summed E-state index contributed by atoms with van der Waals surface area (Å²) >= 11 is 1.27. The molecule has 1 aliphatic heterocycles. The van der Waals surface area contributed by atoms with E-state index in [1.807, 2.05) is 25.1 Å². The molecule has 0 aliphatic carbocycles. The molecule has 0 unspecified atom stereocenters. The van der Waals surface area contributed by atoms with Crippen LogP contribution in [0.2, 0.25) is 0 Å². The van der Waals surface area contributed by atoms with E-state index in [-0.39, 0.29) is 0 Å². The van der Waals surface area contributed by atoms with Crippen molar-refractivity contribution in [3.63, 3.8) is 0 Å². The first kappa shape index (κ1) is 20.8. The van der Waals surface area contributed by atoms with E-state index in [0.29, 0.717) is 51.3 Å². The Balaban J connectivity index is 1.80. The van der Waals surface area contributed by atoms with E-state index in [4.69, 9.17) is 13.9 Å². The van der Waals surface area contributed by atoms with Crippen molar-refractivity contribution < 1.29 is 23.5 Å². The SMILES string of the molecule is CCOc1ccccc1N1C(=O)C(SCc2ccco2)=C(c2ccccc2OC)C1=O. The van der Waals surface area contributed by atoms with Gasteiger partial charge in [0.15, 0.2) is 0 Å². The minimum atomic E-state index is -0.413. The first-order chi connectivity index (χ1) is 15.2.